The number of para-hydroxylation sites is 1. The molecule has 0 bridgehead atoms. The number of Topliss-reactive ketones (excluding diaryl/α,β-unsaturated/α-hetero) is 1. The molecule has 2 aromatic carbocycles. The minimum atomic E-state index is -0.395. The number of rotatable bonds is 6. The molecule has 1 aliphatic rings. The molecule has 0 atom stereocenters. The summed E-state index contributed by atoms with van der Waals surface area (Å²) in [5.74, 6) is 1.22. The van der Waals surface area contributed by atoms with Gasteiger partial charge in [0, 0.05) is 18.1 Å². The van der Waals surface area contributed by atoms with Gasteiger partial charge in [-0.25, -0.2) is 0 Å². The minimum Gasteiger partial charge on any atom is -0.497 e. The molecule has 0 amide bonds. The van der Waals surface area contributed by atoms with E-state index in [1.165, 1.54) is 0 Å². The van der Waals surface area contributed by atoms with Gasteiger partial charge in [0.05, 0.1) is 19.3 Å². The third-order valence-electron chi connectivity index (χ3n) is 3.98. The molecule has 0 N–H and O–H groups in total. The first kappa shape index (κ1) is 18.5. The van der Waals surface area contributed by atoms with Gasteiger partial charge in [0.2, 0.25) is 5.78 Å². The van der Waals surface area contributed by atoms with Crippen molar-refractivity contribution in [3.8, 4) is 23.0 Å². The average Bonchev–Trinajstić information content (AvgIpc) is 2.99. The lowest BCUT2D eigenvalue weighted by Crippen LogP contribution is -2.09. The first-order valence-corrected chi connectivity index (χ1v) is 8.66. The van der Waals surface area contributed by atoms with Crippen LogP contribution in [0.5, 0.6) is 23.0 Å². The Hall–Kier alpha value is -3.28. The van der Waals surface area contributed by atoms with Gasteiger partial charge in [-0.15, -0.1) is 0 Å². The topological polar surface area (TPSA) is 71.1 Å². The lowest BCUT2D eigenvalue weighted by atomic mass is 10.1. The Morgan fingerprint density at radius 1 is 1.19 bits per heavy atom. The SMILES string of the molecule is CCOc1cccc(/C=C2\Oc3cc(OC)ccc3C2=O)c1OC(=O)CC. The zero-order valence-corrected chi connectivity index (χ0v) is 15.4. The molecule has 2 aromatic rings. The molecule has 0 radical (unpaired) electrons. The van der Waals surface area contributed by atoms with Crippen molar-refractivity contribution in [3.63, 3.8) is 0 Å². The third kappa shape index (κ3) is 3.79. The van der Waals surface area contributed by atoms with E-state index in [4.69, 9.17) is 18.9 Å². The number of carbonyl (C=O) groups is 2. The summed E-state index contributed by atoms with van der Waals surface area (Å²) in [5.41, 5.74) is 0.973. The minimum absolute atomic E-state index is 0.140. The molecule has 3 rings (SSSR count). The molecule has 1 heterocycles. The highest BCUT2D eigenvalue weighted by molar-refractivity contribution is 6.14. The second-order valence-corrected chi connectivity index (χ2v) is 5.74. The van der Waals surface area contributed by atoms with Crippen LogP contribution in [0.2, 0.25) is 0 Å². The Bertz CT molecular complexity index is 913. The summed E-state index contributed by atoms with van der Waals surface area (Å²) in [6.45, 7) is 3.96. The van der Waals surface area contributed by atoms with E-state index in [2.05, 4.69) is 0 Å². The zero-order chi connectivity index (χ0) is 19.4. The average molecular weight is 368 g/mol. The fourth-order valence-corrected chi connectivity index (χ4v) is 2.65. The lowest BCUT2D eigenvalue weighted by Gasteiger charge is -2.13. The smallest absolute Gasteiger partial charge is 0.311 e. The van der Waals surface area contributed by atoms with Crippen LogP contribution < -0.4 is 18.9 Å². The number of ether oxygens (including phenoxy) is 4. The highest BCUT2D eigenvalue weighted by atomic mass is 16.6. The van der Waals surface area contributed by atoms with Gasteiger partial charge in [0.15, 0.2) is 17.3 Å². The van der Waals surface area contributed by atoms with Crippen molar-refractivity contribution in [2.24, 2.45) is 0 Å². The Kier molecular flexibility index (Phi) is 5.45. The molecule has 140 valence electrons. The van der Waals surface area contributed by atoms with Crippen molar-refractivity contribution in [3.05, 3.63) is 53.3 Å². The summed E-state index contributed by atoms with van der Waals surface area (Å²) in [5, 5.41) is 0. The molecule has 0 saturated heterocycles. The van der Waals surface area contributed by atoms with Crippen LogP contribution in [0.15, 0.2) is 42.2 Å². The van der Waals surface area contributed by atoms with Gasteiger partial charge in [0.1, 0.15) is 11.5 Å². The number of fused-ring (bicyclic) bond motifs is 1. The largest absolute Gasteiger partial charge is 0.497 e. The Balaban J connectivity index is 2.00. The van der Waals surface area contributed by atoms with E-state index in [0.29, 0.717) is 35.0 Å². The van der Waals surface area contributed by atoms with Crippen LogP contribution in [0.4, 0.5) is 0 Å². The molecular formula is C21H20O6. The second kappa shape index (κ2) is 7.95. The van der Waals surface area contributed by atoms with Crippen molar-refractivity contribution in [1.82, 2.24) is 0 Å². The normalized spacial score (nSPS) is 13.9. The summed E-state index contributed by atoms with van der Waals surface area (Å²) >= 11 is 0. The van der Waals surface area contributed by atoms with E-state index in [1.54, 1.807) is 56.5 Å². The van der Waals surface area contributed by atoms with Gasteiger partial charge in [-0.1, -0.05) is 19.1 Å². The number of esters is 1. The van der Waals surface area contributed by atoms with E-state index < -0.39 is 5.97 Å². The van der Waals surface area contributed by atoms with Gasteiger partial charge in [-0.2, -0.15) is 0 Å². The molecule has 1 aliphatic heterocycles. The van der Waals surface area contributed by atoms with Gasteiger partial charge in [-0.3, -0.25) is 9.59 Å². The second-order valence-electron chi connectivity index (χ2n) is 5.74. The summed E-state index contributed by atoms with van der Waals surface area (Å²) in [6.07, 6.45) is 1.77. The summed E-state index contributed by atoms with van der Waals surface area (Å²) in [4.78, 5) is 24.5. The number of ketones is 1. The molecule has 0 spiro atoms. The van der Waals surface area contributed by atoms with E-state index in [9.17, 15) is 9.59 Å². The molecule has 6 heteroatoms. The molecular weight excluding hydrogens is 348 g/mol. The Labute approximate surface area is 157 Å². The van der Waals surface area contributed by atoms with Crippen LogP contribution in [-0.2, 0) is 4.79 Å². The highest BCUT2D eigenvalue weighted by Crippen LogP contribution is 2.38. The molecule has 0 fully saturated rings. The van der Waals surface area contributed by atoms with Gasteiger partial charge in [0.25, 0.3) is 0 Å². The first-order chi connectivity index (χ1) is 13.1. The number of hydrogen-bond acceptors (Lipinski definition) is 6. The number of hydrogen-bond donors (Lipinski definition) is 0. The van der Waals surface area contributed by atoms with E-state index >= 15 is 0 Å². The number of carbonyl (C=O) groups excluding carboxylic acids is 2. The summed E-state index contributed by atoms with van der Waals surface area (Å²) in [7, 11) is 1.54. The monoisotopic (exact) mass is 368 g/mol. The van der Waals surface area contributed by atoms with E-state index in [0.717, 1.165) is 0 Å². The lowest BCUT2D eigenvalue weighted by molar-refractivity contribution is -0.134. The molecule has 0 unspecified atom stereocenters. The maximum atomic E-state index is 12.6. The van der Waals surface area contributed by atoms with Crippen molar-refractivity contribution in [1.29, 1.82) is 0 Å². The standard InChI is InChI=1S/C21H20O6/c1-4-19(22)27-21-13(7-6-8-16(21)25-5-2)11-18-20(23)15-10-9-14(24-3)12-17(15)26-18/h6-12H,4-5H2,1-3H3/b18-11-. The van der Waals surface area contributed by atoms with Crippen LogP contribution >= 0.6 is 0 Å². The van der Waals surface area contributed by atoms with Crippen LogP contribution in [0, 0.1) is 0 Å². The predicted molar refractivity (Wildman–Crippen MR) is 99.5 cm³/mol. The molecule has 0 aliphatic carbocycles. The zero-order valence-electron chi connectivity index (χ0n) is 15.4. The van der Waals surface area contributed by atoms with Crippen molar-refractivity contribution < 1.29 is 28.5 Å². The van der Waals surface area contributed by atoms with E-state index in [-0.39, 0.29) is 23.7 Å². The fraction of sp³-hybridized carbons (Fsp3) is 0.238. The van der Waals surface area contributed by atoms with Crippen molar-refractivity contribution >= 4 is 17.8 Å². The van der Waals surface area contributed by atoms with Crippen LogP contribution in [-0.4, -0.2) is 25.5 Å². The predicted octanol–water partition coefficient (Wildman–Crippen LogP) is 4.03. The summed E-state index contributed by atoms with van der Waals surface area (Å²) in [6, 6.07) is 10.2. The van der Waals surface area contributed by atoms with Crippen LogP contribution in [0.25, 0.3) is 6.08 Å². The first-order valence-electron chi connectivity index (χ1n) is 8.66. The quantitative estimate of drug-likeness (QED) is 0.436. The van der Waals surface area contributed by atoms with E-state index in [1.807, 2.05) is 6.92 Å². The van der Waals surface area contributed by atoms with Crippen molar-refractivity contribution in [2.45, 2.75) is 20.3 Å². The van der Waals surface area contributed by atoms with Gasteiger partial charge >= 0.3 is 5.97 Å². The molecule has 0 saturated carbocycles. The fourth-order valence-electron chi connectivity index (χ4n) is 2.65. The molecule has 6 nitrogen and oxygen atoms in total. The van der Waals surface area contributed by atoms with Crippen molar-refractivity contribution in [2.75, 3.05) is 13.7 Å². The highest BCUT2D eigenvalue weighted by Gasteiger charge is 2.28. The third-order valence-corrected chi connectivity index (χ3v) is 3.98. The Morgan fingerprint density at radius 2 is 2.00 bits per heavy atom. The van der Waals surface area contributed by atoms with Gasteiger partial charge < -0.3 is 18.9 Å². The Morgan fingerprint density at radius 3 is 2.70 bits per heavy atom. The summed E-state index contributed by atoms with van der Waals surface area (Å²) < 4.78 is 21.9. The number of benzene rings is 2. The maximum absolute atomic E-state index is 12.6. The molecule has 27 heavy (non-hydrogen) atoms. The number of methoxy groups -OCH3 is 1. The van der Waals surface area contributed by atoms with Crippen LogP contribution in [0.1, 0.15) is 36.2 Å². The molecule has 0 aromatic heterocycles. The number of allylic oxidation sites excluding steroid dienone is 1. The van der Waals surface area contributed by atoms with Gasteiger partial charge in [-0.05, 0) is 31.2 Å². The van der Waals surface area contributed by atoms with Crippen LogP contribution in [0.3, 0.4) is 0 Å². The maximum Gasteiger partial charge on any atom is 0.311 e.